The molecule has 0 saturated heterocycles. The van der Waals surface area contributed by atoms with Crippen LogP contribution in [0.3, 0.4) is 0 Å². The van der Waals surface area contributed by atoms with E-state index in [0.717, 1.165) is 45.6 Å². The van der Waals surface area contributed by atoms with Crippen molar-refractivity contribution in [3.8, 4) is 0 Å². The van der Waals surface area contributed by atoms with Gasteiger partial charge in [0.15, 0.2) is 0 Å². The van der Waals surface area contributed by atoms with E-state index in [-0.39, 0.29) is 0 Å². The minimum absolute atomic E-state index is 0.372. The Morgan fingerprint density at radius 1 is 0.947 bits per heavy atom. The molecule has 0 N–H and O–H groups in total. The highest BCUT2D eigenvalue weighted by molar-refractivity contribution is 5.83. The molecule has 0 aliphatic heterocycles. The van der Waals surface area contributed by atoms with Crippen molar-refractivity contribution < 1.29 is 4.79 Å². The monoisotopic (exact) mass is 268 g/mol. The van der Waals surface area contributed by atoms with Gasteiger partial charge in [-0.25, -0.2) is 0 Å². The molecule has 1 fully saturated rings. The van der Waals surface area contributed by atoms with Crippen molar-refractivity contribution in [3.63, 3.8) is 0 Å². The van der Waals surface area contributed by atoms with Gasteiger partial charge in [-0.3, -0.25) is 9.69 Å². The van der Waals surface area contributed by atoms with Crippen LogP contribution in [0, 0.1) is 5.92 Å². The molecule has 0 bridgehead atoms. The SMILES string of the molecule is CCN(CC)CCCN(CC)CC(=O)C1CCCC1. The molecule has 1 aliphatic carbocycles. The molecule has 0 aromatic rings. The Balaban J connectivity index is 2.23. The molecule has 3 heteroatoms. The molecule has 0 unspecified atom stereocenters. The van der Waals surface area contributed by atoms with E-state index in [0.29, 0.717) is 18.2 Å². The van der Waals surface area contributed by atoms with Gasteiger partial charge in [-0.15, -0.1) is 0 Å². The third-order valence-corrected chi connectivity index (χ3v) is 4.48. The molecule has 0 radical (unpaired) electrons. The van der Waals surface area contributed by atoms with Crippen LogP contribution < -0.4 is 0 Å². The molecule has 1 aliphatic rings. The van der Waals surface area contributed by atoms with Gasteiger partial charge >= 0.3 is 0 Å². The highest BCUT2D eigenvalue weighted by Gasteiger charge is 2.23. The van der Waals surface area contributed by atoms with Gasteiger partial charge in [0.1, 0.15) is 5.78 Å². The molecular formula is C16H32N2O. The number of Topliss-reactive ketones (excluding diaryl/α,β-unsaturated/α-hetero) is 1. The first-order chi connectivity index (χ1) is 9.21. The Labute approximate surface area is 119 Å². The summed E-state index contributed by atoms with van der Waals surface area (Å²) in [6.07, 6.45) is 5.95. The number of nitrogens with zero attached hydrogens (tertiary/aromatic N) is 2. The minimum Gasteiger partial charge on any atom is -0.304 e. The van der Waals surface area contributed by atoms with Crippen molar-refractivity contribution in [2.45, 2.75) is 52.9 Å². The van der Waals surface area contributed by atoms with E-state index >= 15 is 0 Å². The lowest BCUT2D eigenvalue weighted by molar-refractivity contribution is -0.123. The van der Waals surface area contributed by atoms with Crippen molar-refractivity contribution in [3.05, 3.63) is 0 Å². The van der Waals surface area contributed by atoms with Crippen molar-refractivity contribution in [2.24, 2.45) is 5.92 Å². The van der Waals surface area contributed by atoms with E-state index in [1.165, 1.54) is 19.3 Å². The topological polar surface area (TPSA) is 23.6 Å². The second-order valence-electron chi connectivity index (χ2n) is 5.70. The number of carbonyl (C=O) groups is 1. The van der Waals surface area contributed by atoms with Gasteiger partial charge < -0.3 is 4.90 Å². The highest BCUT2D eigenvalue weighted by atomic mass is 16.1. The van der Waals surface area contributed by atoms with Crippen molar-refractivity contribution in [1.29, 1.82) is 0 Å². The Morgan fingerprint density at radius 2 is 1.47 bits per heavy atom. The van der Waals surface area contributed by atoms with Crippen LogP contribution in [-0.2, 0) is 4.79 Å². The highest BCUT2D eigenvalue weighted by Crippen LogP contribution is 2.25. The van der Waals surface area contributed by atoms with Crippen LogP contribution in [0.4, 0.5) is 0 Å². The molecular weight excluding hydrogens is 236 g/mol. The number of rotatable bonds is 10. The zero-order valence-corrected chi connectivity index (χ0v) is 13.2. The van der Waals surface area contributed by atoms with Gasteiger partial charge in [0.25, 0.3) is 0 Å². The molecule has 0 amide bonds. The van der Waals surface area contributed by atoms with E-state index in [9.17, 15) is 4.79 Å². The number of hydrogen-bond acceptors (Lipinski definition) is 3. The third-order valence-electron chi connectivity index (χ3n) is 4.48. The van der Waals surface area contributed by atoms with E-state index < -0.39 is 0 Å². The van der Waals surface area contributed by atoms with E-state index in [1.807, 2.05) is 0 Å². The normalized spacial score (nSPS) is 16.7. The molecule has 0 atom stereocenters. The summed E-state index contributed by atoms with van der Waals surface area (Å²) in [4.78, 5) is 16.9. The maximum atomic E-state index is 12.2. The van der Waals surface area contributed by atoms with Crippen molar-refractivity contribution in [1.82, 2.24) is 9.80 Å². The quantitative estimate of drug-likeness (QED) is 0.609. The Bertz CT molecular complexity index is 245. The molecule has 0 heterocycles. The second kappa shape index (κ2) is 9.49. The maximum Gasteiger partial charge on any atom is 0.149 e. The summed E-state index contributed by atoms with van der Waals surface area (Å²) in [5.74, 6) is 0.860. The fourth-order valence-electron chi connectivity index (χ4n) is 3.00. The van der Waals surface area contributed by atoms with Crippen molar-refractivity contribution in [2.75, 3.05) is 39.3 Å². The fraction of sp³-hybridized carbons (Fsp3) is 0.938. The maximum absolute atomic E-state index is 12.2. The summed E-state index contributed by atoms with van der Waals surface area (Å²) in [5, 5.41) is 0. The molecule has 112 valence electrons. The largest absolute Gasteiger partial charge is 0.304 e. The van der Waals surface area contributed by atoms with Gasteiger partial charge in [0, 0.05) is 5.92 Å². The van der Waals surface area contributed by atoms with Crippen LogP contribution in [0.2, 0.25) is 0 Å². The van der Waals surface area contributed by atoms with E-state index in [2.05, 4.69) is 30.6 Å². The van der Waals surface area contributed by atoms with Crippen LogP contribution in [0.15, 0.2) is 0 Å². The first kappa shape index (κ1) is 16.6. The van der Waals surface area contributed by atoms with Crippen molar-refractivity contribution >= 4 is 5.78 Å². The van der Waals surface area contributed by atoms with E-state index in [4.69, 9.17) is 0 Å². The Kier molecular flexibility index (Phi) is 8.31. The van der Waals surface area contributed by atoms with Crippen LogP contribution >= 0.6 is 0 Å². The molecule has 3 nitrogen and oxygen atoms in total. The summed E-state index contributed by atoms with van der Waals surface area (Å²) >= 11 is 0. The van der Waals surface area contributed by atoms with Crippen LogP contribution in [-0.4, -0.2) is 54.9 Å². The van der Waals surface area contributed by atoms with Gasteiger partial charge in [-0.2, -0.15) is 0 Å². The zero-order valence-electron chi connectivity index (χ0n) is 13.2. The first-order valence-electron chi connectivity index (χ1n) is 8.18. The molecule has 1 rings (SSSR count). The molecule has 1 saturated carbocycles. The van der Waals surface area contributed by atoms with Gasteiger partial charge in [0.05, 0.1) is 6.54 Å². The number of carbonyl (C=O) groups excluding carboxylic acids is 1. The summed E-state index contributed by atoms with van der Waals surface area (Å²) in [6.45, 7) is 12.7. The third kappa shape index (κ3) is 6.05. The average molecular weight is 268 g/mol. The second-order valence-corrected chi connectivity index (χ2v) is 5.70. The van der Waals surface area contributed by atoms with Crippen LogP contribution in [0.5, 0.6) is 0 Å². The zero-order chi connectivity index (χ0) is 14.1. The fourth-order valence-corrected chi connectivity index (χ4v) is 3.00. The smallest absolute Gasteiger partial charge is 0.149 e. The molecule has 0 spiro atoms. The summed E-state index contributed by atoms with van der Waals surface area (Å²) in [6, 6.07) is 0. The van der Waals surface area contributed by atoms with Gasteiger partial charge in [-0.05, 0) is 52.0 Å². The number of ketones is 1. The lowest BCUT2D eigenvalue weighted by Crippen LogP contribution is -2.35. The predicted octanol–water partition coefficient (Wildman–Crippen LogP) is 2.80. The molecule has 0 aromatic heterocycles. The Hall–Kier alpha value is -0.410. The Morgan fingerprint density at radius 3 is 2.00 bits per heavy atom. The summed E-state index contributed by atoms with van der Waals surface area (Å²) in [5.41, 5.74) is 0. The predicted molar refractivity (Wildman–Crippen MR) is 81.5 cm³/mol. The lowest BCUT2D eigenvalue weighted by atomic mass is 10.0. The van der Waals surface area contributed by atoms with Crippen LogP contribution in [0.1, 0.15) is 52.9 Å². The first-order valence-corrected chi connectivity index (χ1v) is 8.18. The molecule has 19 heavy (non-hydrogen) atoms. The standard InChI is InChI=1S/C16H32N2O/c1-4-17(5-2)12-9-13-18(6-3)14-16(19)15-10-7-8-11-15/h15H,4-14H2,1-3H3. The van der Waals surface area contributed by atoms with E-state index in [1.54, 1.807) is 0 Å². The number of hydrogen-bond donors (Lipinski definition) is 0. The van der Waals surface area contributed by atoms with Crippen LogP contribution in [0.25, 0.3) is 0 Å². The van der Waals surface area contributed by atoms with Gasteiger partial charge in [-0.1, -0.05) is 33.6 Å². The average Bonchev–Trinajstić information content (AvgIpc) is 2.96. The minimum atomic E-state index is 0.372. The number of likely N-dealkylation sites (N-methyl/N-ethyl adjacent to an activating group) is 1. The lowest BCUT2D eigenvalue weighted by Gasteiger charge is -2.23. The summed E-state index contributed by atoms with van der Waals surface area (Å²) < 4.78 is 0. The molecule has 0 aromatic carbocycles. The van der Waals surface area contributed by atoms with Gasteiger partial charge in [0.2, 0.25) is 0 Å². The summed E-state index contributed by atoms with van der Waals surface area (Å²) in [7, 11) is 0.